The first-order valence-corrected chi connectivity index (χ1v) is 6.66. The van der Waals surface area contributed by atoms with E-state index >= 15 is 0 Å². The summed E-state index contributed by atoms with van der Waals surface area (Å²) in [6.07, 6.45) is -2.77. The number of hydrogen-bond acceptors (Lipinski definition) is 3. The Hall–Kier alpha value is -2.09. The van der Waals surface area contributed by atoms with Crippen LogP contribution in [-0.4, -0.2) is 53.0 Å². The molecular weight excluding hydrogens is 299 g/mol. The van der Waals surface area contributed by atoms with Crippen LogP contribution in [-0.2, 0) is 16.0 Å². The fourth-order valence-corrected chi connectivity index (χ4v) is 2.55. The van der Waals surface area contributed by atoms with Crippen molar-refractivity contribution in [1.82, 2.24) is 15.1 Å². The van der Waals surface area contributed by atoms with Gasteiger partial charge >= 0.3 is 6.18 Å². The van der Waals surface area contributed by atoms with Crippen LogP contribution in [0.2, 0.25) is 0 Å². The highest BCUT2D eigenvalue weighted by molar-refractivity contribution is 5.83. The molecule has 0 radical (unpaired) electrons. The van der Waals surface area contributed by atoms with Crippen LogP contribution in [0.25, 0.3) is 10.9 Å². The number of methoxy groups -OCH3 is 1. The first-order chi connectivity index (χ1) is 10.3. The molecule has 1 amide bonds. The number of fused-ring (bicyclic) bond motifs is 1. The van der Waals surface area contributed by atoms with Crippen molar-refractivity contribution in [2.24, 2.45) is 0 Å². The Kier molecular flexibility index (Phi) is 3.36. The topological polar surface area (TPSA) is 58.2 Å². The van der Waals surface area contributed by atoms with Gasteiger partial charge in [-0.1, -0.05) is 12.1 Å². The lowest BCUT2D eigenvalue weighted by Crippen LogP contribution is -2.71. The molecule has 8 heteroatoms. The Morgan fingerprint density at radius 1 is 1.45 bits per heavy atom. The van der Waals surface area contributed by atoms with E-state index in [9.17, 15) is 18.0 Å². The number of aromatic amines is 1. The normalized spacial score (nSPS) is 17.5. The van der Waals surface area contributed by atoms with Crippen molar-refractivity contribution in [3.63, 3.8) is 0 Å². The lowest BCUT2D eigenvalue weighted by atomic mass is 9.92. The van der Waals surface area contributed by atoms with Crippen LogP contribution < -0.4 is 0 Å². The zero-order valence-electron chi connectivity index (χ0n) is 11.8. The van der Waals surface area contributed by atoms with Crippen molar-refractivity contribution in [2.75, 3.05) is 20.2 Å². The Morgan fingerprint density at radius 2 is 2.18 bits per heavy atom. The molecule has 2 aromatic rings. The summed E-state index contributed by atoms with van der Waals surface area (Å²) in [5, 5.41) is 7.58. The summed E-state index contributed by atoms with van der Waals surface area (Å²) in [5.41, 5.74) is -0.713. The van der Waals surface area contributed by atoms with Gasteiger partial charge in [-0.3, -0.25) is 9.89 Å². The zero-order valence-corrected chi connectivity index (χ0v) is 11.8. The second-order valence-electron chi connectivity index (χ2n) is 5.41. The Bertz CT molecular complexity index is 705. The van der Waals surface area contributed by atoms with Crippen molar-refractivity contribution < 1.29 is 22.7 Å². The van der Waals surface area contributed by atoms with Crippen molar-refractivity contribution in [2.45, 2.75) is 18.2 Å². The molecule has 0 aliphatic carbocycles. The van der Waals surface area contributed by atoms with Crippen molar-refractivity contribution in [3.8, 4) is 0 Å². The van der Waals surface area contributed by atoms with Gasteiger partial charge in [0.25, 0.3) is 0 Å². The molecule has 22 heavy (non-hydrogen) atoms. The molecule has 5 nitrogen and oxygen atoms in total. The number of halogens is 3. The Labute approximate surface area is 124 Å². The number of nitrogens with one attached hydrogen (secondary N) is 1. The molecule has 1 aliphatic rings. The van der Waals surface area contributed by atoms with E-state index in [1.807, 2.05) is 6.07 Å². The van der Waals surface area contributed by atoms with Gasteiger partial charge < -0.3 is 9.64 Å². The molecule has 0 saturated carbocycles. The number of amides is 1. The molecule has 0 spiro atoms. The molecule has 1 aromatic carbocycles. The number of hydrogen-bond donors (Lipinski definition) is 1. The van der Waals surface area contributed by atoms with Crippen LogP contribution in [0, 0.1) is 0 Å². The van der Waals surface area contributed by atoms with Gasteiger partial charge in [0.05, 0.1) is 31.2 Å². The van der Waals surface area contributed by atoms with Crippen LogP contribution in [0.3, 0.4) is 0 Å². The zero-order chi connectivity index (χ0) is 16.0. The number of H-pyrrole nitrogens is 1. The molecule has 0 atom stereocenters. The molecule has 3 rings (SSSR count). The highest BCUT2D eigenvalue weighted by Gasteiger charge is 2.63. The Morgan fingerprint density at radius 3 is 2.82 bits per heavy atom. The van der Waals surface area contributed by atoms with E-state index < -0.39 is 24.9 Å². The summed E-state index contributed by atoms with van der Waals surface area (Å²) in [6, 6.07) is 5.35. The molecule has 1 fully saturated rings. The van der Waals surface area contributed by atoms with Gasteiger partial charge in [-0.25, -0.2) is 0 Å². The second kappa shape index (κ2) is 4.98. The molecular formula is C14H14F3N3O2. The third-order valence-corrected chi connectivity index (χ3v) is 4.01. The van der Waals surface area contributed by atoms with E-state index in [4.69, 9.17) is 0 Å². The molecule has 1 aromatic heterocycles. The van der Waals surface area contributed by atoms with Gasteiger partial charge in [-0.2, -0.15) is 18.3 Å². The molecule has 1 N–H and O–H groups in total. The largest absolute Gasteiger partial charge is 0.420 e. The van der Waals surface area contributed by atoms with Crippen molar-refractivity contribution >= 4 is 16.8 Å². The lowest BCUT2D eigenvalue weighted by Gasteiger charge is -2.49. The third kappa shape index (κ3) is 2.33. The number of aromatic nitrogens is 2. The van der Waals surface area contributed by atoms with Gasteiger partial charge in [0, 0.05) is 12.5 Å². The van der Waals surface area contributed by atoms with Crippen molar-refractivity contribution in [1.29, 1.82) is 0 Å². The number of carbonyl (C=O) groups is 1. The van der Waals surface area contributed by atoms with Crippen LogP contribution in [0.15, 0.2) is 24.4 Å². The highest BCUT2D eigenvalue weighted by atomic mass is 19.4. The van der Waals surface area contributed by atoms with Crippen LogP contribution in [0.4, 0.5) is 13.2 Å². The summed E-state index contributed by atoms with van der Waals surface area (Å²) in [6.45, 7) is -0.920. The second-order valence-corrected chi connectivity index (χ2v) is 5.41. The minimum absolute atomic E-state index is 0.0482. The number of carbonyl (C=O) groups excluding carboxylic acids is 1. The summed E-state index contributed by atoms with van der Waals surface area (Å²) in [5.74, 6) is -0.351. The first kappa shape index (κ1) is 14.8. The smallest absolute Gasteiger partial charge is 0.365 e. The SMILES string of the molecule is COC1(C(F)(F)F)CN(C(=O)Cc2ccc3cn[nH]c3c2)C1. The average Bonchev–Trinajstić information content (AvgIpc) is 2.83. The summed E-state index contributed by atoms with van der Waals surface area (Å²) >= 11 is 0. The molecule has 2 heterocycles. The fourth-order valence-electron chi connectivity index (χ4n) is 2.55. The van der Waals surface area contributed by atoms with E-state index in [0.717, 1.165) is 28.5 Å². The highest BCUT2D eigenvalue weighted by Crippen LogP contribution is 2.40. The van der Waals surface area contributed by atoms with Crippen LogP contribution in [0.1, 0.15) is 5.56 Å². The van der Waals surface area contributed by atoms with Crippen LogP contribution in [0.5, 0.6) is 0 Å². The number of nitrogens with zero attached hydrogens (tertiary/aromatic N) is 2. The van der Waals surface area contributed by atoms with E-state index in [1.54, 1.807) is 18.3 Å². The number of rotatable bonds is 3. The monoisotopic (exact) mass is 313 g/mol. The molecule has 1 saturated heterocycles. The van der Waals surface area contributed by atoms with Gasteiger partial charge in [-0.15, -0.1) is 0 Å². The van der Waals surface area contributed by atoms with E-state index in [-0.39, 0.29) is 12.3 Å². The first-order valence-electron chi connectivity index (χ1n) is 6.66. The standard InChI is InChI=1S/C14H14F3N3O2/c1-22-13(14(15,16)17)7-20(8-13)12(21)5-9-2-3-10-6-18-19-11(10)4-9/h2-4,6H,5,7-8H2,1H3,(H,18,19). The quantitative estimate of drug-likeness (QED) is 0.941. The molecule has 0 bridgehead atoms. The molecule has 0 unspecified atom stereocenters. The average molecular weight is 313 g/mol. The molecule has 118 valence electrons. The lowest BCUT2D eigenvalue weighted by molar-refractivity contribution is -0.306. The maximum absolute atomic E-state index is 12.9. The van der Waals surface area contributed by atoms with Gasteiger partial charge in [-0.05, 0) is 11.6 Å². The number of alkyl halides is 3. The predicted octanol–water partition coefficient (Wildman–Crippen LogP) is 1.90. The van der Waals surface area contributed by atoms with Gasteiger partial charge in [0.15, 0.2) is 5.60 Å². The predicted molar refractivity (Wildman–Crippen MR) is 72.2 cm³/mol. The van der Waals surface area contributed by atoms with Crippen LogP contribution >= 0.6 is 0 Å². The maximum atomic E-state index is 12.9. The minimum Gasteiger partial charge on any atom is -0.365 e. The van der Waals surface area contributed by atoms with Gasteiger partial charge in [0.1, 0.15) is 0 Å². The number of benzene rings is 1. The van der Waals surface area contributed by atoms with E-state index in [2.05, 4.69) is 14.9 Å². The minimum atomic E-state index is -4.48. The molecule has 1 aliphatic heterocycles. The van der Waals surface area contributed by atoms with E-state index in [1.165, 1.54) is 0 Å². The maximum Gasteiger partial charge on any atom is 0.420 e. The Balaban J connectivity index is 1.66. The fraction of sp³-hybridized carbons (Fsp3) is 0.429. The van der Waals surface area contributed by atoms with E-state index in [0.29, 0.717) is 0 Å². The third-order valence-electron chi connectivity index (χ3n) is 4.01. The summed E-state index contributed by atoms with van der Waals surface area (Å²) in [7, 11) is 1.02. The summed E-state index contributed by atoms with van der Waals surface area (Å²) in [4.78, 5) is 13.2. The van der Waals surface area contributed by atoms with Crippen molar-refractivity contribution in [3.05, 3.63) is 30.0 Å². The number of likely N-dealkylation sites (tertiary alicyclic amines) is 1. The summed E-state index contributed by atoms with van der Waals surface area (Å²) < 4.78 is 43.2. The number of ether oxygens (including phenoxy) is 1. The van der Waals surface area contributed by atoms with Gasteiger partial charge in [0.2, 0.25) is 5.91 Å².